The molecular formula is C27H22N2. The number of rotatable bonds is 1. The van der Waals surface area contributed by atoms with Gasteiger partial charge in [-0.3, -0.25) is 4.98 Å². The lowest BCUT2D eigenvalue weighted by molar-refractivity contribution is 0.868. The van der Waals surface area contributed by atoms with Crippen LogP contribution < -0.4 is 0 Å². The van der Waals surface area contributed by atoms with Gasteiger partial charge in [0.2, 0.25) is 0 Å². The quantitative estimate of drug-likeness (QED) is 0.274. The summed E-state index contributed by atoms with van der Waals surface area (Å²) in [5.41, 5.74) is 7.28. The molecule has 0 aliphatic rings. The SMILES string of the molecule is Cc1nc2ccccc2c2c1cc1c3ccccc3c3cc(C(C)C)ccc3n12. The first-order valence-electron chi connectivity index (χ1n) is 10.3. The number of pyridine rings is 2. The van der Waals surface area contributed by atoms with Gasteiger partial charge in [0.05, 0.1) is 22.1 Å². The minimum Gasteiger partial charge on any atom is -0.308 e. The standard InChI is InChI=1S/C27H22N2/c1-16(2)18-12-13-25-23(14-18)19-8-4-5-9-20(19)26-15-22-17(3)28-24-11-7-6-10-21(24)27(22)29(25)26/h4-16H,1-3H3. The third kappa shape index (κ3) is 2.20. The van der Waals surface area contributed by atoms with Gasteiger partial charge >= 0.3 is 0 Å². The highest BCUT2D eigenvalue weighted by Crippen LogP contribution is 2.38. The average molecular weight is 374 g/mol. The van der Waals surface area contributed by atoms with Crippen LogP contribution in [0.5, 0.6) is 0 Å². The molecule has 140 valence electrons. The van der Waals surface area contributed by atoms with Gasteiger partial charge in [0.1, 0.15) is 0 Å². The third-order valence-electron chi connectivity index (χ3n) is 6.26. The molecule has 6 aromatic rings. The molecule has 0 fully saturated rings. The highest BCUT2D eigenvalue weighted by Gasteiger charge is 2.16. The van der Waals surface area contributed by atoms with Crippen LogP contribution >= 0.6 is 0 Å². The number of benzene rings is 3. The van der Waals surface area contributed by atoms with E-state index in [1.807, 2.05) is 0 Å². The van der Waals surface area contributed by atoms with E-state index in [1.165, 1.54) is 49.0 Å². The Labute approximate surface area is 169 Å². The molecule has 0 N–H and O–H groups in total. The summed E-state index contributed by atoms with van der Waals surface area (Å²) in [7, 11) is 0. The molecule has 0 atom stereocenters. The van der Waals surface area contributed by atoms with Crippen LogP contribution in [0.15, 0.2) is 72.8 Å². The van der Waals surface area contributed by atoms with Crippen LogP contribution in [0.4, 0.5) is 0 Å². The number of para-hydroxylation sites is 1. The maximum Gasteiger partial charge on any atom is 0.0726 e. The number of hydrogen-bond acceptors (Lipinski definition) is 1. The van der Waals surface area contributed by atoms with Gasteiger partial charge in [-0.15, -0.1) is 0 Å². The van der Waals surface area contributed by atoms with Gasteiger partial charge in [-0.1, -0.05) is 62.4 Å². The summed E-state index contributed by atoms with van der Waals surface area (Å²) in [6.07, 6.45) is 0. The maximum atomic E-state index is 4.88. The fraction of sp³-hybridized carbons (Fsp3) is 0.148. The van der Waals surface area contributed by atoms with Crippen molar-refractivity contribution < 1.29 is 0 Å². The molecule has 0 saturated carbocycles. The molecule has 2 heteroatoms. The van der Waals surface area contributed by atoms with Crippen molar-refractivity contribution in [3.05, 3.63) is 84.1 Å². The van der Waals surface area contributed by atoms with E-state index < -0.39 is 0 Å². The van der Waals surface area contributed by atoms with Crippen molar-refractivity contribution in [2.75, 3.05) is 0 Å². The van der Waals surface area contributed by atoms with Gasteiger partial charge in [-0.2, -0.15) is 0 Å². The van der Waals surface area contributed by atoms with Crippen molar-refractivity contribution in [3.63, 3.8) is 0 Å². The molecule has 0 bridgehead atoms. The van der Waals surface area contributed by atoms with Crippen LogP contribution in [-0.2, 0) is 0 Å². The van der Waals surface area contributed by atoms with E-state index >= 15 is 0 Å². The summed E-state index contributed by atoms with van der Waals surface area (Å²) >= 11 is 0. The maximum absolute atomic E-state index is 4.88. The predicted octanol–water partition coefficient (Wildman–Crippen LogP) is 7.38. The van der Waals surface area contributed by atoms with E-state index in [4.69, 9.17) is 4.98 Å². The second-order valence-electron chi connectivity index (χ2n) is 8.32. The third-order valence-corrected chi connectivity index (χ3v) is 6.26. The summed E-state index contributed by atoms with van der Waals surface area (Å²) in [6, 6.07) is 26.5. The van der Waals surface area contributed by atoms with Crippen LogP contribution in [0.3, 0.4) is 0 Å². The molecule has 3 aromatic heterocycles. The van der Waals surface area contributed by atoms with Gasteiger partial charge in [-0.25, -0.2) is 0 Å². The number of fused-ring (bicyclic) bond motifs is 10. The second kappa shape index (κ2) is 5.81. The largest absolute Gasteiger partial charge is 0.308 e. The molecule has 2 nitrogen and oxygen atoms in total. The summed E-state index contributed by atoms with van der Waals surface area (Å²) in [5.74, 6) is 0.502. The summed E-state index contributed by atoms with van der Waals surface area (Å²) in [4.78, 5) is 4.88. The number of aryl methyl sites for hydroxylation is 1. The number of hydrogen-bond donors (Lipinski definition) is 0. The Hall–Kier alpha value is -3.39. The van der Waals surface area contributed by atoms with E-state index in [2.05, 4.69) is 98.0 Å². The Kier molecular flexibility index (Phi) is 3.31. The Balaban J connectivity index is 1.98. The van der Waals surface area contributed by atoms with Crippen molar-refractivity contribution in [2.45, 2.75) is 26.7 Å². The van der Waals surface area contributed by atoms with Crippen LogP contribution in [0, 0.1) is 6.92 Å². The topological polar surface area (TPSA) is 17.3 Å². The monoisotopic (exact) mass is 374 g/mol. The fourth-order valence-electron chi connectivity index (χ4n) is 4.78. The molecule has 0 spiro atoms. The van der Waals surface area contributed by atoms with Gasteiger partial charge in [0.15, 0.2) is 0 Å². The lowest BCUT2D eigenvalue weighted by Crippen LogP contribution is -1.95. The van der Waals surface area contributed by atoms with Crippen LogP contribution in [0.2, 0.25) is 0 Å². The van der Waals surface area contributed by atoms with Crippen molar-refractivity contribution in [1.29, 1.82) is 0 Å². The predicted molar refractivity (Wildman–Crippen MR) is 124 cm³/mol. The smallest absolute Gasteiger partial charge is 0.0726 e. The second-order valence-corrected chi connectivity index (χ2v) is 8.32. The average Bonchev–Trinajstić information content (AvgIpc) is 3.15. The Morgan fingerprint density at radius 3 is 2.21 bits per heavy atom. The van der Waals surface area contributed by atoms with E-state index in [0.717, 1.165) is 11.2 Å². The fourth-order valence-corrected chi connectivity index (χ4v) is 4.78. The summed E-state index contributed by atoms with van der Waals surface area (Å²) < 4.78 is 2.45. The molecule has 0 aliphatic carbocycles. The van der Waals surface area contributed by atoms with Crippen LogP contribution in [0.1, 0.15) is 31.0 Å². The number of nitrogens with zero attached hydrogens (tertiary/aromatic N) is 2. The Morgan fingerprint density at radius 2 is 1.41 bits per heavy atom. The zero-order valence-electron chi connectivity index (χ0n) is 16.9. The first-order valence-corrected chi connectivity index (χ1v) is 10.3. The van der Waals surface area contributed by atoms with Crippen LogP contribution in [-0.4, -0.2) is 9.38 Å². The normalized spacial score (nSPS) is 12.3. The van der Waals surface area contributed by atoms with Crippen molar-refractivity contribution >= 4 is 49.0 Å². The molecule has 3 heterocycles. The minimum absolute atomic E-state index is 0.502. The molecule has 0 amide bonds. The van der Waals surface area contributed by atoms with Crippen molar-refractivity contribution in [1.82, 2.24) is 9.38 Å². The van der Waals surface area contributed by atoms with E-state index in [-0.39, 0.29) is 0 Å². The van der Waals surface area contributed by atoms with Crippen molar-refractivity contribution in [2.24, 2.45) is 0 Å². The molecular weight excluding hydrogens is 352 g/mol. The highest BCUT2D eigenvalue weighted by molar-refractivity contribution is 6.18. The number of aromatic nitrogens is 2. The van der Waals surface area contributed by atoms with Gasteiger partial charge in [0, 0.05) is 27.2 Å². The first-order chi connectivity index (χ1) is 14.1. The Morgan fingerprint density at radius 1 is 0.690 bits per heavy atom. The van der Waals surface area contributed by atoms with E-state index in [1.54, 1.807) is 0 Å². The lowest BCUT2D eigenvalue weighted by atomic mass is 9.98. The van der Waals surface area contributed by atoms with E-state index in [0.29, 0.717) is 5.92 Å². The molecule has 0 aliphatic heterocycles. The van der Waals surface area contributed by atoms with Crippen molar-refractivity contribution in [3.8, 4) is 0 Å². The summed E-state index contributed by atoms with van der Waals surface area (Å²) in [6.45, 7) is 6.64. The minimum atomic E-state index is 0.502. The van der Waals surface area contributed by atoms with Gasteiger partial charge in [0.25, 0.3) is 0 Å². The summed E-state index contributed by atoms with van der Waals surface area (Å²) in [5, 5.41) is 6.36. The van der Waals surface area contributed by atoms with Gasteiger partial charge < -0.3 is 4.40 Å². The Bertz CT molecular complexity index is 1590. The van der Waals surface area contributed by atoms with E-state index in [9.17, 15) is 0 Å². The molecule has 0 saturated heterocycles. The molecule has 6 rings (SSSR count). The zero-order chi connectivity index (χ0) is 19.7. The lowest BCUT2D eigenvalue weighted by Gasteiger charge is -2.14. The highest BCUT2D eigenvalue weighted by atomic mass is 14.9. The molecule has 29 heavy (non-hydrogen) atoms. The molecule has 3 aromatic carbocycles. The first kappa shape index (κ1) is 16.6. The van der Waals surface area contributed by atoms with Crippen LogP contribution in [0.25, 0.3) is 49.0 Å². The molecule has 0 unspecified atom stereocenters. The zero-order valence-corrected chi connectivity index (χ0v) is 16.9. The van der Waals surface area contributed by atoms with Gasteiger partial charge in [-0.05, 0) is 48.1 Å². The molecule has 0 radical (unpaired) electrons.